The summed E-state index contributed by atoms with van der Waals surface area (Å²) in [5, 5.41) is 22.3. The molecule has 2 N–H and O–H groups in total. The van der Waals surface area contributed by atoms with Crippen molar-refractivity contribution in [2.45, 2.75) is 18.6 Å². The number of alkyl halides is 3. The average molecular weight is 494 g/mol. The highest BCUT2D eigenvalue weighted by Crippen LogP contribution is 2.32. The van der Waals surface area contributed by atoms with Gasteiger partial charge in [-0.15, -0.1) is 5.10 Å². The standard InChI is InChI=1S/C25H21F3N6O2/c1-24(14-35,16-6-4-3-5-7-16)30-23(36)15-8-10-19-18(12-15)21-22(32-33(2)31-21)34(19)17-9-11-20(29-13-17)25(26,27)28/h3-13,35H,14H2,1-2H3,(H,30,36)/t24-/m1/s1. The van der Waals surface area contributed by atoms with Gasteiger partial charge in [0.1, 0.15) is 11.2 Å². The Kier molecular flexibility index (Phi) is 5.51. The second kappa shape index (κ2) is 8.45. The predicted octanol–water partition coefficient (Wildman–Crippen LogP) is 3.96. The molecule has 184 valence electrons. The normalized spacial score (nSPS) is 13.7. The van der Waals surface area contributed by atoms with Crippen LogP contribution >= 0.6 is 0 Å². The van der Waals surface area contributed by atoms with Crippen molar-refractivity contribution in [3.8, 4) is 5.69 Å². The maximum Gasteiger partial charge on any atom is 0.433 e. The fourth-order valence-corrected chi connectivity index (χ4v) is 4.18. The summed E-state index contributed by atoms with van der Waals surface area (Å²) in [5.41, 5.74) is 0.943. The molecule has 1 atom stereocenters. The van der Waals surface area contributed by atoms with E-state index in [-0.39, 0.29) is 6.61 Å². The Hall–Kier alpha value is -4.25. The number of carbonyl (C=O) groups is 1. The first-order valence-electron chi connectivity index (χ1n) is 11.0. The zero-order valence-electron chi connectivity index (χ0n) is 19.3. The molecule has 0 aliphatic heterocycles. The maximum absolute atomic E-state index is 13.2. The average Bonchev–Trinajstić information content (AvgIpc) is 3.38. The fraction of sp³-hybridized carbons (Fsp3) is 0.200. The summed E-state index contributed by atoms with van der Waals surface area (Å²) in [6, 6.07) is 16.3. The van der Waals surface area contributed by atoms with Gasteiger partial charge in [-0.2, -0.15) is 23.1 Å². The van der Waals surface area contributed by atoms with E-state index in [1.165, 1.54) is 10.9 Å². The van der Waals surface area contributed by atoms with E-state index in [4.69, 9.17) is 0 Å². The number of carbonyl (C=O) groups excluding carboxylic acids is 1. The zero-order valence-corrected chi connectivity index (χ0v) is 19.3. The quantitative estimate of drug-likeness (QED) is 0.386. The summed E-state index contributed by atoms with van der Waals surface area (Å²) < 4.78 is 40.6. The Morgan fingerprint density at radius 2 is 1.81 bits per heavy atom. The third-order valence-electron chi connectivity index (χ3n) is 6.08. The second-order valence-corrected chi connectivity index (χ2v) is 8.64. The molecule has 0 aliphatic rings. The first kappa shape index (κ1) is 23.5. The Morgan fingerprint density at radius 3 is 2.44 bits per heavy atom. The first-order valence-corrected chi connectivity index (χ1v) is 11.0. The number of pyridine rings is 1. The Bertz CT molecular complexity index is 1580. The summed E-state index contributed by atoms with van der Waals surface area (Å²) in [7, 11) is 1.63. The monoisotopic (exact) mass is 494 g/mol. The molecule has 8 nitrogen and oxygen atoms in total. The summed E-state index contributed by atoms with van der Waals surface area (Å²) in [6.45, 7) is 1.42. The van der Waals surface area contributed by atoms with E-state index in [9.17, 15) is 23.1 Å². The number of benzene rings is 2. The molecule has 36 heavy (non-hydrogen) atoms. The number of rotatable bonds is 5. The summed E-state index contributed by atoms with van der Waals surface area (Å²) in [5.74, 6) is -0.404. The van der Waals surface area contributed by atoms with E-state index in [1.54, 1.807) is 36.7 Å². The number of hydrogen-bond acceptors (Lipinski definition) is 5. The summed E-state index contributed by atoms with van der Waals surface area (Å²) >= 11 is 0. The van der Waals surface area contributed by atoms with E-state index in [2.05, 4.69) is 20.5 Å². The minimum absolute atomic E-state index is 0.309. The lowest BCUT2D eigenvalue weighted by molar-refractivity contribution is -0.141. The molecule has 0 bridgehead atoms. The Labute approximate surface area is 203 Å². The van der Waals surface area contributed by atoms with Gasteiger partial charge in [0.2, 0.25) is 0 Å². The molecule has 5 rings (SSSR count). The van der Waals surface area contributed by atoms with E-state index in [0.29, 0.717) is 33.3 Å². The van der Waals surface area contributed by atoms with Gasteiger partial charge in [-0.1, -0.05) is 30.3 Å². The van der Waals surface area contributed by atoms with Gasteiger partial charge in [0.25, 0.3) is 5.91 Å². The number of nitrogens with one attached hydrogen (secondary N) is 1. The second-order valence-electron chi connectivity index (χ2n) is 8.64. The van der Waals surface area contributed by atoms with Crippen LogP contribution in [0.15, 0.2) is 66.9 Å². The number of aryl methyl sites for hydroxylation is 1. The van der Waals surface area contributed by atoms with Gasteiger partial charge in [-0.25, -0.2) is 4.98 Å². The highest BCUT2D eigenvalue weighted by atomic mass is 19.4. The van der Waals surface area contributed by atoms with Crippen molar-refractivity contribution in [2.24, 2.45) is 7.05 Å². The Morgan fingerprint density at radius 1 is 1.06 bits per heavy atom. The van der Waals surface area contributed by atoms with Crippen molar-refractivity contribution in [1.29, 1.82) is 0 Å². The summed E-state index contributed by atoms with van der Waals surface area (Å²) in [4.78, 5) is 18.1. The molecule has 5 aromatic rings. The molecule has 3 aromatic heterocycles. The topological polar surface area (TPSA) is 97.9 Å². The summed E-state index contributed by atoms with van der Waals surface area (Å²) in [6.07, 6.45) is -3.42. The van der Waals surface area contributed by atoms with E-state index < -0.39 is 23.3 Å². The molecule has 0 unspecified atom stereocenters. The van der Waals surface area contributed by atoms with Gasteiger partial charge in [-0.3, -0.25) is 9.36 Å². The van der Waals surface area contributed by atoms with Crippen LogP contribution < -0.4 is 5.32 Å². The lowest BCUT2D eigenvalue weighted by atomic mass is 9.92. The van der Waals surface area contributed by atoms with Crippen LogP contribution in [-0.4, -0.2) is 42.2 Å². The van der Waals surface area contributed by atoms with Gasteiger partial charge in [0, 0.05) is 18.0 Å². The number of halogens is 3. The number of amides is 1. The van der Waals surface area contributed by atoms with Crippen LogP contribution in [0.25, 0.3) is 27.8 Å². The van der Waals surface area contributed by atoms with Crippen molar-refractivity contribution >= 4 is 28.0 Å². The molecule has 2 aromatic carbocycles. The van der Waals surface area contributed by atoms with Gasteiger partial charge >= 0.3 is 6.18 Å². The molecule has 0 spiro atoms. The Balaban J connectivity index is 1.58. The van der Waals surface area contributed by atoms with E-state index in [0.717, 1.165) is 17.8 Å². The predicted molar refractivity (Wildman–Crippen MR) is 126 cm³/mol. The minimum atomic E-state index is -4.55. The van der Waals surface area contributed by atoms with Crippen molar-refractivity contribution in [1.82, 2.24) is 29.9 Å². The molecule has 0 fully saturated rings. The molecule has 0 aliphatic carbocycles. The number of nitrogens with zero attached hydrogens (tertiary/aromatic N) is 5. The third-order valence-corrected chi connectivity index (χ3v) is 6.08. The third kappa shape index (κ3) is 3.97. The van der Waals surface area contributed by atoms with Crippen molar-refractivity contribution in [3.63, 3.8) is 0 Å². The molecule has 0 saturated carbocycles. The van der Waals surface area contributed by atoms with E-state index in [1.807, 2.05) is 30.3 Å². The molecule has 0 radical (unpaired) electrons. The molecule has 3 heterocycles. The van der Waals surface area contributed by atoms with E-state index >= 15 is 0 Å². The first-order chi connectivity index (χ1) is 17.1. The van der Waals surface area contributed by atoms with Crippen LogP contribution in [0, 0.1) is 0 Å². The SMILES string of the molecule is Cn1nc2c3cc(C(=O)N[C@](C)(CO)c4ccccc4)ccc3n(-c3ccc(C(F)(F)F)nc3)c2n1. The van der Waals surface area contributed by atoms with Crippen LogP contribution in [0.1, 0.15) is 28.5 Å². The number of aliphatic hydroxyl groups excluding tert-OH is 1. The highest BCUT2D eigenvalue weighted by Gasteiger charge is 2.32. The largest absolute Gasteiger partial charge is 0.433 e. The van der Waals surface area contributed by atoms with Crippen molar-refractivity contribution < 1.29 is 23.1 Å². The van der Waals surface area contributed by atoms with Crippen LogP contribution in [0.5, 0.6) is 0 Å². The molecule has 1 amide bonds. The lowest BCUT2D eigenvalue weighted by Crippen LogP contribution is -2.46. The molecule has 0 saturated heterocycles. The molecular formula is C25H21F3N6O2. The zero-order chi connectivity index (χ0) is 25.7. The smallest absolute Gasteiger partial charge is 0.394 e. The van der Waals surface area contributed by atoms with Gasteiger partial charge in [0.15, 0.2) is 5.65 Å². The number of hydrogen-bond donors (Lipinski definition) is 2. The number of aliphatic hydroxyl groups is 1. The molecular weight excluding hydrogens is 473 g/mol. The lowest BCUT2D eigenvalue weighted by Gasteiger charge is -2.29. The van der Waals surface area contributed by atoms with Crippen molar-refractivity contribution in [3.05, 3.63) is 83.7 Å². The molecule has 11 heteroatoms. The number of fused-ring (bicyclic) bond motifs is 3. The highest BCUT2D eigenvalue weighted by molar-refractivity contribution is 6.09. The fourth-order valence-electron chi connectivity index (χ4n) is 4.18. The van der Waals surface area contributed by atoms with Crippen LogP contribution in [0.4, 0.5) is 13.2 Å². The van der Waals surface area contributed by atoms with Crippen molar-refractivity contribution in [2.75, 3.05) is 6.61 Å². The van der Waals surface area contributed by atoms with Crippen LogP contribution in [0.3, 0.4) is 0 Å². The van der Waals surface area contributed by atoms with Gasteiger partial charge < -0.3 is 10.4 Å². The van der Waals surface area contributed by atoms with Crippen LogP contribution in [-0.2, 0) is 18.8 Å². The number of aromatic nitrogens is 5. The van der Waals surface area contributed by atoms with Gasteiger partial charge in [-0.05, 0) is 42.8 Å². The van der Waals surface area contributed by atoms with Crippen LogP contribution in [0.2, 0.25) is 0 Å². The minimum Gasteiger partial charge on any atom is -0.394 e. The maximum atomic E-state index is 13.2. The van der Waals surface area contributed by atoms with Gasteiger partial charge in [0.05, 0.1) is 29.5 Å².